The van der Waals surface area contributed by atoms with Crippen LogP contribution in [0, 0.1) is 13.8 Å². The van der Waals surface area contributed by atoms with Gasteiger partial charge in [-0.05, 0) is 0 Å². The van der Waals surface area contributed by atoms with E-state index in [1.807, 2.05) is 0 Å². The molecule has 0 atom stereocenters. The molecular formula is C20H18Se2. The second-order valence-electron chi connectivity index (χ2n) is 5.28. The fourth-order valence-electron chi connectivity index (χ4n) is 2.09. The Balaban J connectivity index is 1.83. The van der Waals surface area contributed by atoms with Gasteiger partial charge in [0.2, 0.25) is 0 Å². The number of aryl methyl sites for hydroxylation is 2. The predicted molar refractivity (Wildman–Crippen MR) is 98.8 cm³/mol. The summed E-state index contributed by atoms with van der Waals surface area (Å²) in [5, 5.41) is 0. The molecular weight excluding hydrogens is 398 g/mol. The molecule has 0 bridgehead atoms. The molecule has 0 aliphatic heterocycles. The van der Waals surface area contributed by atoms with Gasteiger partial charge in [-0.2, -0.15) is 0 Å². The Hall–Kier alpha value is -1.30. The van der Waals surface area contributed by atoms with Crippen molar-refractivity contribution in [3.8, 4) is 0 Å². The van der Waals surface area contributed by atoms with Gasteiger partial charge in [0.15, 0.2) is 0 Å². The van der Waals surface area contributed by atoms with Gasteiger partial charge in [-0.25, -0.2) is 0 Å². The fourth-order valence-corrected chi connectivity index (χ4v) is 6.52. The molecule has 0 N–H and O–H groups in total. The van der Waals surface area contributed by atoms with E-state index in [0.29, 0.717) is 29.9 Å². The van der Waals surface area contributed by atoms with E-state index in [4.69, 9.17) is 0 Å². The summed E-state index contributed by atoms with van der Waals surface area (Å²) in [7, 11) is 0. The Morgan fingerprint density at radius 2 is 0.864 bits per heavy atom. The van der Waals surface area contributed by atoms with Crippen LogP contribution in [0.5, 0.6) is 0 Å². The number of benzene rings is 3. The van der Waals surface area contributed by atoms with Gasteiger partial charge in [-0.1, -0.05) is 0 Å². The van der Waals surface area contributed by atoms with Crippen LogP contribution in [0.1, 0.15) is 11.1 Å². The van der Waals surface area contributed by atoms with Crippen LogP contribution in [0.4, 0.5) is 0 Å². The molecule has 22 heavy (non-hydrogen) atoms. The van der Waals surface area contributed by atoms with Gasteiger partial charge in [-0.3, -0.25) is 0 Å². The van der Waals surface area contributed by atoms with Gasteiger partial charge in [0, 0.05) is 0 Å². The SMILES string of the molecule is Cc1ccc([Se]c2ccccc2[Se]c2ccc(C)cc2)cc1. The van der Waals surface area contributed by atoms with E-state index < -0.39 is 0 Å². The third-order valence-electron chi connectivity index (χ3n) is 3.35. The molecule has 0 nitrogen and oxygen atoms in total. The molecule has 0 saturated heterocycles. The summed E-state index contributed by atoms with van der Waals surface area (Å²) in [6, 6.07) is 26.9. The van der Waals surface area contributed by atoms with E-state index in [-0.39, 0.29) is 0 Å². The summed E-state index contributed by atoms with van der Waals surface area (Å²) in [6.07, 6.45) is 0. The number of rotatable bonds is 4. The van der Waals surface area contributed by atoms with Crippen LogP contribution in [0.3, 0.4) is 0 Å². The maximum atomic E-state index is 2.30. The summed E-state index contributed by atoms with van der Waals surface area (Å²) >= 11 is 0.771. The third kappa shape index (κ3) is 4.12. The Morgan fingerprint density at radius 1 is 0.500 bits per heavy atom. The Morgan fingerprint density at radius 3 is 1.23 bits per heavy atom. The maximum absolute atomic E-state index is 2.30. The molecule has 0 heterocycles. The Labute approximate surface area is 145 Å². The van der Waals surface area contributed by atoms with E-state index in [0.717, 1.165) is 0 Å². The quantitative estimate of drug-likeness (QED) is 0.568. The van der Waals surface area contributed by atoms with Gasteiger partial charge in [0.25, 0.3) is 0 Å². The summed E-state index contributed by atoms with van der Waals surface area (Å²) in [6.45, 7) is 4.29. The van der Waals surface area contributed by atoms with Gasteiger partial charge in [0.1, 0.15) is 0 Å². The first-order valence-electron chi connectivity index (χ1n) is 7.29. The van der Waals surface area contributed by atoms with Crippen molar-refractivity contribution < 1.29 is 0 Å². The van der Waals surface area contributed by atoms with Crippen molar-refractivity contribution in [2.45, 2.75) is 13.8 Å². The van der Waals surface area contributed by atoms with E-state index in [1.165, 1.54) is 29.0 Å². The first kappa shape index (κ1) is 15.6. The molecule has 0 spiro atoms. The molecule has 3 aromatic carbocycles. The molecule has 0 unspecified atom stereocenters. The molecule has 110 valence electrons. The van der Waals surface area contributed by atoms with E-state index in [2.05, 4.69) is 86.6 Å². The van der Waals surface area contributed by atoms with Crippen LogP contribution >= 0.6 is 0 Å². The number of hydrogen-bond acceptors (Lipinski definition) is 0. The summed E-state index contributed by atoms with van der Waals surface area (Å²) in [5.74, 6) is 0. The minimum absolute atomic E-state index is 0.386. The number of hydrogen-bond donors (Lipinski definition) is 0. The van der Waals surface area contributed by atoms with Crippen LogP contribution in [0.25, 0.3) is 0 Å². The zero-order valence-corrected chi connectivity index (χ0v) is 16.2. The van der Waals surface area contributed by atoms with Crippen LogP contribution < -0.4 is 17.8 Å². The molecule has 3 rings (SSSR count). The van der Waals surface area contributed by atoms with Crippen LogP contribution in [-0.4, -0.2) is 29.9 Å². The van der Waals surface area contributed by atoms with E-state index >= 15 is 0 Å². The molecule has 0 fully saturated rings. The van der Waals surface area contributed by atoms with E-state index in [9.17, 15) is 0 Å². The topological polar surface area (TPSA) is 0 Å². The zero-order valence-electron chi connectivity index (χ0n) is 12.7. The first-order chi connectivity index (χ1) is 10.7. The summed E-state index contributed by atoms with van der Waals surface area (Å²) in [4.78, 5) is 0. The fraction of sp³-hybridized carbons (Fsp3) is 0.100. The standard InChI is InChI=1S/C20H18Se2/c1-15-7-11-17(12-8-15)21-19-5-3-4-6-20(19)22-18-13-9-16(2)10-14-18/h3-14H,1-2H3. The van der Waals surface area contributed by atoms with Gasteiger partial charge in [-0.15, -0.1) is 0 Å². The third-order valence-corrected chi connectivity index (χ3v) is 8.55. The summed E-state index contributed by atoms with van der Waals surface area (Å²) in [5.41, 5.74) is 2.66. The zero-order chi connectivity index (χ0) is 15.4. The Bertz CT molecular complexity index is 677. The van der Waals surface area contributed by atoms with Gasteiger partial charge in [0.05, 0.1) is 0 Å². The predicted octanol–water partition coefficient (Wildman–Crippen LogP) is 1.61. The van der Waals surface area contributed by atoms with Crippen molar-refractivity contribution in [1.82, 2.24) is 0 Å². The molecule has 0 aliphatic rings. The summed E-state index contributed by atoms with van der Waals surface area (Å²) < 4.78 is 5.93. The monoisotopic (exact) mass is 418 g/mol. The average Bonchev–Trinajstić information content (AvgIpc) is 2.54. The van der Waals surface area contributed by atoms with Gasteiger partial charge < -0.3 is 0 Å². The van der Waals surface area contributed by atoms with Crippen molar-refractivity contribution in [1.29, 1.82) is 0 Å². The molecule has 0 aromatic heterocycles. The van der Waals surface area contributed by atoms with Crippen molar-refractivity contribution in [2.24, 2.45) is 0 Å². The minimum atomic E-state index is 0.386. The van der Waals surface area contributed by atoms with Crippen molar-refractivity contribution in [2.75, 3.05) is 0 Å². The molecule has 3 aromatic rings. The average molecular weight is 416 g/mol. The van der Waals surface area contributed by atoms with Crippen molar-refractivity contribution in [3.63, 3.8) is 0 Å². The van der Waals surface area contributed by atoms with Gasteiger partial charge >= 0.3 is 146 Å². The second-order valence-corrected chi connectivity index (χ2v) is 9.96. The Kier molecular flexibility index (Phi) is 5.18. The van der Waals surface area contributed by atoms with Crippen LogP contribution in [0.2, 0.25) is 0 Å². The second kappa shape index (κ2) is 7.31. The molecule has 2 heteroatoms. The normalized spacial score (nSPS) is 10.6. The first-order valence-corrected chi connectivity index (χ1v) is 10.7. The van der Waals surface area contributed by atoms with Crippen molar-refractivity contribution >= 4 is 47.8 Å². The van der Waals surface area contributed by atoms with Crippen LogP contribution in [-0.2, 0) is 0 Å². The molecule has 0 aliphatic carbocycles. The molecule has 0 radical (unpaired) electrons. The van der Waals surface area contributed by atoms with Crippen LogP contribution in [0.15, 0.2) is 72.8 Å². The van der Waals surface area contributed by atoms with E-state index in [1.54, 1.807) is 0 Å². The van der Waals surface area contributed by atoms with Crippen molar-refractivity contribution in [3.05, 3.63) is 83.9 Å². The molecule has 0 saturated carbocycles. The molecule has 0 amide bonds.